The number of hydrogen-bond acceptors (Lipinski definition) is 3. The van der Waals surface area contributed by atoms with Crippen LogP contribution in [0.25, 0.3) is 11.0 Å². The zero-order valence-electron chi connectivity index (χ0n) is 8.16. The highest BCUT2D eigenvalue weighted by atomic mass is 16.3. The number of benzene rings is 1. The molecule has 0 aliphatic heterocycles. The van der Waals surface area contributed by atoms with Crippen LogP contribution in [0.2, 0.25) is 0 Å². The lowest BCUT2D eigenvalue weighted by Crippen LogP contribution is -2.26. The molecule has 1 atom stereocenters. The van der Waals surface area contributed by atoms with Gasteiger partial charge in [0.15, 0.2) is 0 Å². The van der Waals surface area contributed by atoms with Gasteiger partial charge in [-0.2, -0.15) is 0 Å². The molecule has 0 bridgehead atoms. The van der Waals surface area contributed by atoms with Crippen LogP contribution in [0, 0.1) is 0 Å². The van der Waals surface area contributed by atoms with Crippen LogP contribution in [0.5, 0.6) is 0 Å². The lowest BCUT2D eigenvalue weighted by atomic mass is 10.1. The largest absolute Gasteiger partial charge is 0.459 e. The summed E-state index contributed by atoms with van der Waals surface area (Å²) in [5, 5.41) is 1.12. The molecule has 1 aromatic heterocycles. The van der Waals surface area contributed by atoms with Gasteiger partial charge in [-0.05, 0) is 18.6 Å². The second-order valence-electron chi connectivity index (χ2n) is 3.31. The van der Waals surface area contributed by atoms with E-state index in [1.165, 1.54) is 0 Å². The summed E-state index contributed by atoms with van der Waals surface area (Å²) in [7, 11) is 0. The molecule has 3 nitrogen and oxygen atoms in total. The fourth-order valence-corrected chi connectivity index (χ4v) is 1.58. The number of hydrazine groups is 1. The van der Waals surface area contributed by atoms with E-state index < -0.39 is 0 Å². The van der Waals surface area contributed by atoms with Crippen LogP contribution in [-0.2, 0) is 0 Å². The monoisotopic (exact) mass is 190 g/mol. The predicted octanol–water partition coefficient (Wildman–Crippen LogP) is 2.35. The Labute approximate surface area is 82.9 Å². The first-order valence-corrected chi connectivity index (χ1v) is 4.79. The van der Waals surface area contributed by atoms with Gasteiger partial charge in [0, 0.05) is 5.39 Å². The van der Waals surface area contributed by atoms with Crippen LogP contribution in [0.3, 0.4) is 0 Å². The second kappa shape index (κ2) is 3.82. The summed E-state index contributed by atoms with van der Waals surface area (Å²) in [5.41, 5.74) is 3.65. The summed E-state index contributed by atoms with van der Waals surface area (Å²) < 4.78 is 5.67. The quantitative estimate of drug-likeness (QED) is 0.577. The van der Waals surface area contributed by atoms with Crippen molar-refractivity contribution >= 4 is 11.0 Å². The third-order valence-corrected chi connectivity index (χ3v) is 2.40. The Bertz CT molecular complexity index is 385. The molecular weight excluding hydrogens is 176 g/mol. The first-order chi connectivity index (χ1) is 6.85. The van der Waals surface area contributed by atoms with Crippen molar-refractivity contribution in [1.82, 2.24) is 5.43 Å². The van der Waals surface area contributed by atoms with Gasteiger partial charge in [-0.15, -0.1) is 0 Å². The lowest BCUT2D eigenvalue weighted by molar-refractivity contribution is 0.428. The van der Waals surface area contributed by atoms with Crippen molar-refractivity contribution in [3.63, 3.8) is 0 Å². The number of furan rings is 1. The summed E-state index contributed by atoms with van der Waals surface area (Å²) in [5.74, 6) is 6.33. The van der Waals surface area contributed by atoms with Crippen LogP contribution in [0.1, 0.15) is 25.1 Å². The fraction of sp³-hybridized carbons (Fsp3) is 0.273. The minimum atomic E-state index is 0.0994. The first kappa shape index (κ1) is 9.24. The van der Waals surface area contributed by atoms with Gasteiger partial charge in [-0.3, -0.25) is 5.84 Å². The van der Waals surface area contributed by atoms with E-state index in [1.54, 1.807) is 0 Å². The van der Waals surface area contributed by atoms with Gasteiger partial charge < -0.3 is 4.42 Å². The van der Waals surface area contributed by atoms with Crippen LogP contribution in [-0.4, -0.2) is 0 Å². The Morgan fingerprint density at radius 2 is 2.21 bits per heavy atom. The molecule has 0 fully saturated rings. The fourth-order valence-electron chi connectivity index (χ4n) is 1.58. The van der Waals surface area contributed by atoms with E-state index in [1.807, 2.05) is 30.3 Å². The zero-order chi connectivity index (χ0) is 9.97. The topological polar surface area (TPSA) is 51.2 Å². The molecule has 2 aromatic rings. The van der Waals surface area contributed by atoms with E-state index in [9.17, 15) is 0 Å². The highest BCUT2D eigenvalue weighted by Gasteiger charge is 2.11. The first-order valence-electron chi connectivity index (χ1n) is 4.79. The summed E-state index contributed by atoms with van der Waals surface area (Å²) >= 11 is 0. The zero-order valence-corrected chi connectivity index (χ0v) is 8.16. The predicted molar refractivity (Wildman–Crippen MR) is 56.6 cm³/mol. The number of para-hydroxylation sites is 1. The molecule has 0 saturated carbocycles. The summed E-state index contributed by atoms with van der Waals surface area (Å²) in [6.07, 6.45) is 0.913. The number of nitrogens with two attached hydrogens (primary N) is 1. The second-order valence-corrected chi connectivity index (χ2v) is 3.31. The van der Waals surface area contributed by atoms with Gasteiger partial charge >= 0.3 is 0 Å². The lowest BCUT2D eigenvalue weighted by Gasteiger charge is -2.08. The van der Waals surface area contributed by atoms with Crippen LogP contribution in [0.4, 0.5) is 0 Å². The minimum Gasteiger partial charge on any atom is -0.459 e. The molecule has 0 aliphatic carbocycles. The van der Waals surface area contributed by atoms with E-state index in [4.69, 9.17) is 10.3 Å². The van der Waals surface area contributed by atoms with Gasteiger partial charge in [0.1, 0.15) is 11.3 Å². The Balaban J connectivity index is 2.43. The third-order valence-electron chi connectivity index (χ3n) is 2.40. The average Bonchev–Trinajstić information content (AvgIpc) is 2.63. The molecule has 0 radical (unpaired) electrons. The van der Waals surface area contributed by atoms with Crippen LogP contribution >= 0.6 is 0 Å². The highest BCUT2D eigenvalue weighted by molar-refractivity contribution is 5.77. The molecule has 0 amide bonds. The standard InChI is InChI=1S/C11H14N2O/c1-2-9(13-12)11-7-8-5-3-4-6-10(8)14-11/h3-7,9,13H,2,12H2,1H3. The Kier molecular flexibility index (Phi) is 2.52. The van der Waals surface area contributed by atoms with Crippen molar-refractivity contribution in [2.75, 3.05) is 0 Å². The van der Waals surface area contributed by atoms with Crippen molar-refractivity contribution in [1.29, 1.82) is 0 Å². The van der Waals surface area contributed by atoms with Gasteiger partial charge in [0.25, 0.3) is 0 Å². The van der Waals surface area contributed by atoms with E-state index in [2.05, 4.69) is 12.3 Å². The third kappa shape index (κ3) is 1.52. The van der Waals surface area contributed by atoms with E-state index in [0.717, 1.165) is 23.2 Å². The molecule has 1 aromatic carbocycles. The minimum absolute atomic E-state index is 0.0994. The van der Waals surface area contributed by atoms with Gasteiger partial charge in [-0.1, -0.05) is 25.1 Å². The molecule has 3 N–H and O–H groups in total. The summed E-state index contributed by atoms with van der Waals surface area (Å²) in [4.78, 5) is 0. The molecule has 74 valence electrons. The summed E-state index contributed by atoms with van der Waals surface area (Å²) in [6, 6.07) is 10.1. The van der Waals surface area contributed by atoms with Crippen LogP contribution < -0.4 is 11.3 Å². The van der Waals surface area contributed by atoms with Gasteiger partial charge in [0.05, 0.1) is 6.04 Å². The van der Waals surface area contributed by atoms with E-state index in [0.29, 0.717) is 0 Å². The number of nitrogens with one attached hydrogen (secondary N) is 1. The molecule has 1 heterocycles. The normalized spacial score (nSPS) is 13.3. The number of hydrogen-bond donors (Lipinski definition) is 2. The van der Waals surface area contributed by atoms with Crippen molar-refractivity contribution in [3.8, 4) is 0 Å². The molecular formula is C11H14N2O. The van der Waals surface area contributed by atoms with Crippen molar-refractivity contribution in [2.45, 2.75) is 19.4 Å². The maximum Gasteiger partial charge on any atom is 0.134 e. The number of fused-ring (bicyclic) bond motifs is 1. The van der Waals surface area contributed by atoms with Crippen LogP contribution in [0.15, 0.2) is 34.7 Å². The summed E-state index contributed by atoms with van der Waals surface area (Å²) in [6.45, 7) is 2.07. The maximum absolute atomic E-state index is 5.67. The van der Waals surface area contributed by atoms with Gasteiger partial charge in [-0.25, -0.2) is 5.43 Å². The average molecular weight is 190 g/mol. The SMILES string of the molecule is CCC(NN)c1cc2ccccc2o1. The van der Waals surface area contributed by atoms with Crippen molar-refractivity contribution in [3.05, 3.63) is 36.1 Å². The molecule has 0 spiro atoms. The van der Waals surface area contributed by atoms with Crippen molar-refractivity contribution < 1.29 is 4.42 Å². The Morgan fingerprint density at radius 3 is 2.86 bits per heavy atom. The van der Waals surface area contributed by atoms with E-state index in [-0.39, 0.29) is 6.04 Å². The number of rotatable bonds is 3. The van der Waals surface area contributed by atoms with Gasteiger partial charge in [0.2, 0.25) is 0 Å². The maximum atomic E-state index is 5.67. The molecule has 3 heteroatoms. The molecule has 14 heavy (non-hydrogen) atoms. The van der Waals surface area contributed by atoms with Crippen molar-refractivity contribution in [2.24, 2.45) is 5.84 Å². The molecule has 2 rings (SSSR count). The molecule has 0 aliphatic rings. The molecule has 0 saturated heterocycles. The Morgan fingerprint density at radius 1 is 1.43 bits per heavy atom. The highest BCUT2D eigenvalue weighted by Crippen LogP contribution is 2.24. The Hall–Kier alpha value is -1.32. The smallest absolute Gasteiger partial charge is 0.134 e. The van der Waals surface area contributed by atoms with E-state index >= 15 is 0 Å². The molecule has 1 unspecified atom stereocenters.